The first-order valence-electron chi connectivity index (χ1n) is 12.4. The van der Waals surface area contributed by atoms with Gasteiger partial charge in [-0.05, 0) is 78.4 Å². The number of rotatable bonds is 5. The SMILES string of the molecule is COC(=O)c1ccc(-c2cc3cc(-c4ccc(N5CCN(C(C)C)CC5)cc4)ccc3[nH]c2=O)cc1. The van der Waals surface area contributed by atoms with Gasteiger partial charge in [0.05, 0.1) is 12.7 Å². The quantitative estimate of drug-likeness (QED) is 0.398. The Kier molecular flexibility index (Phi) is 6.61. The Hall–Kier alpha value is -3.90. The van der Waals surface area contributed by atoms with Gasteiger partial charge in [-0.2, -0.15) is 0 Å². The van der Waals surface area contributed by atoms with E-state index in [1.807, 2.05) is 18.2 Å². The van der Waals surface area contributed by atoms with Crippen LogP contribution >= 0.6 is 0 Å². The molecule has 1 aliphatic heterocycles. The third-order valence-corrected chi connectivity index (χ3v) is 7.07. The van der Waals surface area contributed by atoms with Crippen LogP contribution < -0.4 is 10.5 Å². The van der Waals surface area contributed by atoms with E-state index in [-0.39, 0.29) is 5.56 Å². The van der Waals surface area contributed by atoms with Gasteiger partial charge in [-0.3, -0.25) is 9.69 Å². The Morgan fingerprint density at radius 3 is 2.11 bits per heavy atom. The summed E-state index contributed by atoms with van der Waals surface area (Å²) < 4.78 is 4.76. The molecule has 3 aromatic carbocycles. The number of carbonyl (C=O) groups is 1. The van der Waals surface area contributed by atoms with Crippen LogP contribution in [-0.4, -0.2) is 55.2 Å². The molecule has 0 bridgehead atoms. The largest absolute Gasteiger partial charge is 0.465 e. The Bertz CT molecular complexity index is 1430. The zero-order valence-electron chi connectivity index (χ0n) is 21.0. The van der Waals surface area contributed by atoms with E-state index in [1.54, 1.807) is 24.3 Å². The summed E-state index contributed by atoms with van der Waals surface area (Å²) in [6.45, 7) is 8.79. The van der Waals surface area contributed by atoms with E-state index in [1.165, 1.54) is 12.8 Å². The van der Waals surface area contributed by atoms with Crippen LogP contribution in [0.25, 0.3) is 33.2 Å². The first kappa shape index (κ1) is 23.8. The number of pyridine rings is 1. The van der Waals surface area contributed by atoms with E-state index in [2.05, 4.69) is 59.0 Å². The average Bonchev–Trinajstić information content (AvgIpc) is 2.92. The second-order valence-electron chi connectivity index (χ2n) is 9.55. The molecule has 6 heteroatoms. The fourth-order valence-corrected chi connectivity index (χ4v) is 4.87. The van der Waals surface area contributed by atoms with Gasteiger partial charge in [0.25, 0.3) is 5.56 Å². The van der Waals surface area contributed by atoms with Gasteiger partial charge in [0.1, 0.15) is 0 Å². The number of nitrogens with zero attached hydrogens (tertiary/aromatic N) is 2. The molecular weight excluding hydrogens is 450 g/mol. The highest BCUT2D eigenvalue weighted by atomic mass is 16.5. The number of esters is 1. The van der Waals surface area contributed by atoms with E-state index < -0.39 is 5.97 Å². The summed E-state index contributed by atoms with van der Waals surface area (Å²) in [5.41, 5.74) is 5.87. The van der Waals surface area contributed by atoms with Crippen molar-refractivity contribution in [3.05, 3.63) is 88.7 Å². The number of fused-ring (bicyclic) bond motifs is 1. The number of hydrogen-bond donors (Lipinski definition) is 1. The number of nitrogens with one attached hydrogen (secondary N) is 1. The topological polar surface area (TPSA) is 65.6 Å². The molecule has 0 unspecified atom stereocenters. The molecule has 4 aromatic rings. The molecule has 6 nitrogen and oxygen atoms in total. The second kappa shape index (κ2) is 9.99. The number of piperazine rings is 1. The average molecular weight is 482 g/mol. The van der Waals surface area contributed by atoms with Crippen LogP contribution in [0.1, 0.15) is 24.2 Å². The standard InChI is InChI=1S/C30H31N3O3/c1-20(2)32-14-16-33(17-15-32)26-11-8-21(9-12-26)24-10-13-28-25(18-24)19-27(29(34)31-28)22-4-6-23(7-5-22)30(35)36-3/h4-13,18-20H,14-17H2,1-3H3,(H,31,34). The lowest BCUT2D eigenvalue weighted by atomic mass is 10.00. The van der Waals surface area contributed by atoms with Crippen LogP contribution in [0.15, 0.2) is 77.6 Å². The number of H-pyrrole nitrogens is 1. The minimum Gasteiger partial charge on any atom is -0.465 e. The summed E-state index contributed by atoms with van der Waals surface area (Å²) in [6, 6.07) is 24.2. The fraction of sp³-hybridized carbons (Fsp3) is 0.267. The van der Waals surface area contributed by atoms with Crippen molar-refractivity contribution in [2.45, 2.75) is 19.9 Å². The lowest BCUT2D eigenvalue weighted by Crippen LogP contribution is -2.48. The number of benzene rings is 3. The number of carbonyl (C=O) groups excluding carboxylic acids is 1. The van der Waals surface area contributed by atoms with Crippen LogP contribution in [0.2, 0.25) is 0 Å². The number of ether oxygens (including phenoxy) is 1. The van der Waals surface area contributed by atoms with Crippen molar-refractivity contribution >= 4 is 22.6 Å². The monoisotopic (exact) mass is 481 g/mol. The summed E-state index contributed by atoms with van der Waals surface area (Å²) in [6.07, 6.45) is 0. The number of aromatic amines is 1. The van der Waals surface area contributed by atoms with Crippen molar-refractivity contribution in [1.29, 1.82) is 0 Å². The predicted molar refractivity (Wildman–Crippen MR) is 146 cm³/mol. The Morgan fingerprint density at radius 1 is 0.833 bits per heavy atom. The predicted octanol–water partition coefficient (Wildman–Crippen LogP) is 5.18. The Morgan fingerprint density at radius 2 is 1.47 bits per heavy atom. The maximum Gasteiger partial charge on any atom is 0.337 e. The van der Waals surface area contributed by atoms with E-state index in [0.717, 1.165) is 53.8 Å². The van der Waals surface area contributed by atoms with Gasteiger partial charge >= 0.3 is 5.97 Å². The molecule has 1 saturated heterocycles. The molecule has 2 heterocycles. The third-order valence-electron chi connectivity index (χ3n) is 7.07. The van der Waals surface area contributed by atoms with Crippen molar-refractivity contribution in [1.82, 2.24) is 9.88 Å². The molecule has 0 atom stereocenters. The highest BCUT2D eigenvalue weighted by Crippen LogP contribution is 2.28. The highest BCUT2D eigenvalue weighted by Gasteiger charge is 2.19. The summed E-state index contributed by atoms with van der Waals surface area (Å²) in [5.74, 6) is -0.401. The van der Waals surface area contributed by atoms with E-state index in [9.17, 15) is 9.59 Å². The molecule has 1 aromatic heterocycles. The lowest BCUT2D eigenvalue weighted by molar-refractivity contribution is 0.0600. The van der Waals surface area contributed by atoms with Crippen LogP contribution in [0.3, 0.4) is 0 Å². The molecular formula is C30H31N3O3. The van der Waals surface area contributed by atoms with Gasteiger partial charge in [0, 0.05) is 49.0 Å². The number of anilines is 1. The van der Waals surface area contributed by atoms with Crippen LogP contribution in [0.5, 0.6) is 0 Å². The van der Waals surface area contributed by atoms with Crippen molar-refractivity contribution in [2.24, 2.45) is 0 Å². The second-order valence-corrected chi connectivity index (χ2v) is 9.55. The van der Waals surface area contributed by atoms with Crippen molar-refractivity contribution in [3.8, 4) is 22.3 Å². The van der Waals surface area contributed by atoms with Crippen molar-refractivity contribution in [3.63, 3.8) is 0 Å². The zero-order chi connectivity index (χ0) is 25.2. The molecule has 36 heavy (non-hydrogen) atoms. The minimum atomic E-state index is -0.401. The molecule has 184 valence electrons. The Labute approximate surface area is 211 Å². The molecule has 0 radical (unpaired) electrons. The van der Waals surface area contributed by atoms with Crippen molar-refractivity contribution < 1.29 is 9.53 Å². The first-order chi connectivity index (χ1) is 17.4. The summed E-state index contributed by atoms with van der Waals surface area (Å²) in [4.78, 5) is 32.4. The summed E-state index contributed by atoms with van der Waals surface area (Å²) in [5, 5.41) is 0.952. The zero-order valence-corrected chi connectivity index (χ0v) is 21.0. The maximum atomic E-state index is 12.8. The smallest absolute Gasteiger partial charge is 0.337 e. The number of methoxy groups -OCH3 is 1. The van der Waals surface area contributed by atoms with E-state index in [4.69, 9.17) is 4.74 Å². The van der Waals surface area contributed by atoms with E-state index >= 15 is 0 Å². The normalized spacial score (nSPS) is 14.4. The molecule has 1 fully saturated rings. The van der Waals surface area contributed by atoms with E-state index in [0.29, 0.717) is 17.2 Å². The molecule has 5 rings (SSSR count). The van der Waals surface area contributed by atoms with Crippen LogP contribution in [-0.2, 0) is 4.74 Å². The van der Waals surface area contributed by atoms with Gasteiger partial charge in [-0.15, -0.1) is 0 Å². The molecule has 0 spiro atoms. The summed E-state index contributed by atoms with van der Waals surface area (Å²) >= 11 is 0. The molecule has 0 saturated carbocycles. The Balaban J connectivity index is 1.39. The fourth-order valence-electron chi connectivity index (χ4n) is 4.87. The van der Waals surface area contributed by atoms with Crippen LogP contribution in [0.4, 0.5) is 5.69 Å². The highest BCUT2D eigenvalue weighted by molar-refractivity contribution is 5.91. The van der Waals surface area contributed by atoms with Crippen molar-refractivity contribution in [2.75, 3.05) is 38.2 Å². The van der Waals surface area contributed by atoms with Gasteiger partial charge in [0.2, 0.25) is 0 Å². The minimum absolute atomic E-state index is 0.164. The van der Waals surface area contributed by atoms with Gasteiger partial charge in [-0.25, -0.2) is 4.79 Å². The maximum absolute atomic E-state index is 12.8. The van der Waals surface area contributed by atoms with Gasteiger partial charge in [-0.1, -0.05) is 30.3 Å². The molecule has 0 amide bonds. The molecule has 1 aliphatic rings. The molecule has 1 N–H and O–H groups in total. The molecule has 0 aliphatic carbocycles. The van der Waals surface area contributed by atoms with Gasteiger partial charge in [0.15, 0.2) is 0 Å². The lowest BCUT2D eigenvalue weighted by Gasteiger charge is -2.38. The number of aromatic nitrogens is 1. The first-order valence-corrected chi connectivity index (χ1v) is 12.4. The summed E-state index contributed by atoms with van der Waals surface area (Å²) in [7, 11) is 1.35. The van der Waals surface area contributed by atoms with Gasteiger partial charge < -0.3 is 14.6 Å². The third kappa shape index (κ3) is 4.77. The van der Waals surface area contributed by atoms with Crippen LogP contribution in [0, 0.1) is 0 Å². The number of hydrogen-bond acceptors (Lipinski definition) is 5.